The number of carbonyl (C=O) groups is 2. The second-order valence-corrected chi connectivity index (χ2v) is 4.01. The maximum absolute atomic E-state index is 12.1. The molecule has 23 heavy (non-hydrogen) atoms. The number of pyridine rings is 1. The van der Waals surface area contributed by atoms with E-state index in [-0.39, 0.29) is 0 Å². The lowest BCUT2D eigenvalue weighted by molar-refractivity contribution is -0.205. The van der Waals surface area contributed by atoms with Crippen LogP contribution in [0.1, 0.15) is 11.8 Å². The lowest BCUT2D eigenvalue weighted by Gasteiger charge is -2.16. The number of esters is 1. The summed E-state index contributed by atoms with van der Waals surface area (Å²) < 4.78 is 80.7. The summed E-state index contributed by atoms with van der Waals surface area (Å²) in [5.74, 6) is -4.66. The first-order valence-corrected chi connectivity index (χ1v) is 5.63. The van der Waals surface area contributed by atoms with Crippen LogP contribution in [0.25, 0.3) is 0 Å². The normalized spacial score (nSPS) is 13.3. The highest BCUT2D eigenvalue weighted by Gasteiger charge is 2.43. The van der Waals surface area contributed by atoms with E-state index >= 15 is 0 Å². The van der Waals surface area contributed by atoms with E-state index in [9.17, 15) is 35.9 Å². The molecule has 128 valence electrons. The van der Waals surface area contributed by atoms with Crippen molar-refractivity contribution < 1.29 is 45.4 Å². The fraction of sp³-hybridized carbons (Fsp3) is 0.364. The predicted molar refractivity (Wildman–Crippen MR) is 59.9 cm³/mol. The predicted octanol–water partition coefficient (Wildman–Crippen LogP) is 1.65. The molecule has 1 rings (SSSR count). The quantitative estimate of drug-likeness (QED) is 0.647. The molecule has 0 aromatic carbocycles. The number of hydrogen-bond acceptors (Lipinski definition) is 5. The number of rotatable bonds is 5. The molecule has 1 amide bonds. The van der Waals surface area contributed by atoms with E-state index in [4.69, 9.17) is 5.73 Å². The van der Waals surface area contributed by atoms with Crippen LogP contribution in [0.2, 0.25) is 0 Å². The zero-order valence-electron chi connectivity index (χ0n) is 10.9. The molecule has 0 aliphatic carbocycles. The average molecular weight is 346 g/mol. The Morgan fingerprint density at radius 3 is 2.30 bits per heavy atom. The Hall–Kier alpha value is -2.53. The van der Waals surface area contributed by atoms with Gasteiger partial charge in [-0.3, -0.25) is 9.78 Å². The van der Waals surface area contributed by atoms with E-state index in [2.05, 4.69) is 14.5 Å². The van der Waals surface area contributed by atoms with E-state index in [1.165, 1.54) is 0 Å². The Morgan fingerprint density at radius 1 is 1.22 bits per heavy atom. The number of nitrogens with two attached hydrogens (primary N) is 1. The third-order valence-electron chi connectivity index (χ3n) is 2.14. The van der Waals surface area contributed by atoms with Crippen LogP contribution < -0.4 is 10.5 Å². The highest BCUT2D eigenvalue weighted by atomic mass is 19.4. The first kappa shape index (κ1) is 18.5. The maximum Gasteiger partial charge on any atom is 0.490 e. The van der Waals surface area contributed by atoms with Crippen LogP contribution in [0.4, 0.5) is 26.3 Å². The van der Waals surface area contributed by atoms with Gasteiger partial charge in [-0.25, -0.2) is 4.79 Å². The number of halogens is 6. The molecule has 1 heterocycles. The van der Waals surface area contributed by atoms with Crippen molar-refractivity contribution in [1.29, 1.82) is 0 Å². The molecule has 0 bridgehead atoms. The first-order chi connectivity index (χ1) is 10.4. The van der Waals surface area contributed by atoms with Gasteiger partial charge in [-0.05, 0) is 6.07 Å². The SMILES string of the molecule is NC(=O)C(OC(=O)C(F)(F)F)c1cc(OCC(F)(F)F)ccn1. The molecule has 0 saturated carbocycles. The number of amides is 1. The minimum absolute atomic E-state index is 0.457. The molecule has 0 spiro atoms. The highest BCUT2D eigenvalue weighted by molar-refractivity contribution is 5.84. The second-order valence-electron chi connectivity index (χ2n) is 4.01. The van der Waals surface area contributed by atoms with Gasteiger partial charge in [-0.15, -0.1) is 0 Å². The fourth-order valence-corrected chi connectivity index (χ4v) is 1.26. The Morgan fingerprint density at radius 2 is 1.83 bits per heavy atom. The van der Waals surface area contributed by atoms with Gasteiger partial charge in [-0.1, -0.05) is 0 Å². The zero-order chi connectivity index (χ0) is 17.8. The molecular weight excluding hydrogens is 338 g/mol. The Kier molecular flexibility index (Phi) is 5.40. The van der Waals surface area contributed by atoms with E-state index in [0.717, 1.165) is 12.3 Å². The van der Waals surface area contributed by atoms with E-state index in [1.807, 2.05) is 0 Å². The van der Waals surface area contributed by atoms with E-state index in [0.29, 0.717) is 6.07 Å². The van der Waals surface area contributed by atoms with Gasteiger partial charge in [0.05, 0.1) is 5.69 Å². The smallest absolute Gasteiger partial charge is 0.484 e. The monoisotopic (exact) mass is 346 g/mol. The van der Waals surface area contributed by atoms with Gasteiger partial charge >= 0.3 is 18.3 Å². The minimum atomic E-state index is -5.39. The van der Waals surface area contributed by atoms with Crippen LogP contribution in [0.15, 0.2) is 18.3 Å². The molecule has 1 aromatic heterocycles. The summed E-state index contributed by atoms with van der Waals surface area (Å²) in [4.78, 5) is 25.3. The fourth-order valence-electron chi connectivity index (χ4n) is 1.26. The number of carbonyl (C=O) groups excluding carboxylic acids is 2. The van der Waals surface area contributed by atoms with Crippen molar-refractivity contribution >= 4 is 11.9 Å². The molecule has 1 aromatic rings. The van der Waals surface area contributed by atoms with Crippen LogP contribution >= 0.6 is 0 Å². The largest absolute Gasteiger partial charge is 0.490 e. The Labute approximate surface area is 124 Å². The van der Waals surface area contributed by atoms with Gasteiger partial charge in [0.1, 0.15) is 5.75 Å². The van der Waals surface area contributed by atoms with Gasteiger partial charge in [-0.2, -0.15) is 26.3 Å². The molecule has 0 saturated heterocycles. The van der Waals surface area contributed by atoms with E-state index < -0.39 is 48.4 Å². The molecule has 0 aliphatic heterocycles. The Balaban J connectivity index is 2.96. The average Bonchev–Trinajstić information content (AvgIpc) is 2.40. The molecular formula is C11H8F6N2O4. The summed E-state index contributed by atoms with van der Waals surface area (Å²) in [6, 6.07) is 1.66. The summed E-state index contributed by atoms with van der Waals surface area (Å²) in [5, 5.41) is 0. The topological polar surface area (TPSA) is 91.5 Å². The van der Waals surface area contributed by atoms with Crippen LogP contribution in [0, 0.1) is 0 Å². The molecule has 1 unspecified atom stereocenters. The van der Waals surface area contributed by atoms with E-state index in [1.54, 1.807) is 0 Å². The van der Waals surface area contributed by atoms with Crippen molar-refractivity contribution in [1.82, 2.24) is 4.98 Å². The van der Waals surface area contributed by atoms with Gasteiger partial charge < -0.3 is 15.2 Å². The number of nitrogens with zero attached hydrogens (tertiary/aromatic N) is 1. The number of aromatic nitrogens is 1. The minimum Gasteiger partial charge on any atom is -0.484 e. The third-order valence-corrected chi connectivity index (χ3v) is 2.14. The summed E-state index contributed by atoms with van der Waals surface area (Å²) in [5.41, 5.74) is 4.19. The van der Waals surface area contributed by atoms with Gasteiger partial charge in [0.25, 0.3) is 5.91 Å². The molecule has 0 aliphatic rings. The van der Waals surface area contributed by atoms with Gasteiger partial charge in [0.2, 0.25) is 6.10 Å². The Bertz CT molecular complexity index is 587. The van der Waals surface area contributed by atoms with Crippen molar-refractivity contribution in [3.63, 3.8) is 0 Å². The van der Waals surface area contributed by atoms with Gasteiger partial charge in [0, 0.05) is 12.3 Å². The van der Waals surface area contributed by atoms with Crippen molar-refractivity contribution in [2.75, 3.05) is 6.61 Å². The standard InChI is InChI=1S/C11H8F6N2O4/c12-10(13,14)4-22-5-1-2-19-6(3-5)7(8(18)20)23-9(21)11(15,16)17/h1-3,7H,4H2,(H2,18,20). The number of hydrogen-bond donors (Lipinski definition) is 1. The molecule has 0 radical (unpaired) electrons. The number of primary amides is 1. The van der Waals surface area contributed by atoms with Crippen molar-refractivity contribution in [2.45, 2.75) is 18.5 Å². The van der Waals surface area contributed by atoms with Crippen molar-refractivity contribution in [3.8, 4) is 5.75 Å². The van der Waals surface area contributed by atoms with Crippen LogP contribution in [-0.2, 0) is 14.3 Å². The highest BCUT2D eigenvalue weighted by Crippen LogP contribution is 2.25. The van der Waals surface area contributed by atoms with Crippen LogP contribution in [0.3, 0.4) is 0 Å². The lowest BCUT2D eigenvalue weighted by Crippen LogP contribution is -2.33. The first-order valence-electron chi connectivity index (χ1n) is 5.63. The van der Waals surface area contributed by atoms with Crippen LogP contribution in [0.5, 0.6) is 5.75 Å². The summed E-state index contributed by atoms with van der Waals surface area (Å²) in [6.07, 6.45) is -11.4. The second kappa shape index (κ2) is 6.71. The lowest BCUT2D eigenvalue weighted by atomic mass is 10.2. The zero-order valence-corrected chi connectivity index (χ0v) is 10.9. The number of alkyl halides is 6. The summed E-state index contributed by atoms with van der Waals surface area (Å²) >= 11 is 0. The molecule has 6 nitrogen and oxygen atoms in total. The number of ether oxygens (including phenoxy) is 2. The van der Waals surface area contributed by atoms with Crippen molar-refractivity contribution in [3.05, 3.63) is 24.0 Å². The molecule has 12 heteroatoms. The molecule has 2 N–H and O–H groups in total. The van der Waals surface area contributed by atoms with Gasteiger partial charge in [0.15, 0.2) is 6.61 Å². The molecule has 0 fully saturated rings. The van der Waals surface area contributed by atoms with Crippen LogP contribution in [-0.4, -0.2) is 35.8 Å². The van der Waals surface area contributed by atoms with Crippen molar-refractivity contribution in [2.24, 2.45) is 5.73 Å². The maximum atomic E-state index is 12.1. The molecule has 1 atom stereocenters. The summed E-state index contributed by atoms with van der Waals surface area (Å²) in [6.45, 7) is -1.68. The third kappa shape index (κ3) is 6.00. The summed E-state index contributed by atoms with van der Waals surface area (Å²) in [7, 11) is 0.